The molecule has 0 aliphatic heterocycles. The average molecular weight is 272 g/mol. The van der Waals surface area contributed by atoms with Gasteiger partial charge < -0.3 is 20.4 Å². The lowest BCUT2D eigenvalue weighted by atomic mass is 9.94. The van der Waals surface area contributed by atoms with Gasteiger partial charge in [0.25, 0.3) is 0 Å². The number of carbonyl (C=O) groups is 2. The Morgan fingerprint density at radius 2 is 1.79 bits per heavy atom. The van der Waals surface area contributed by atoms with Crippen LogP contribution in [0.15, 0.2) is 0 Å². The molecule has 3 N–H and O–H groups in total. The molecule has 1 aliphatic carbocycles. The SMILES string of the molecule is CN(CC1(O)CCCCCC1)C(=O)NCCC(=O)O. The summed E-state index contributed by atoms with van der Waals surface area (Å²) in [7, 11) is 1.62. The number of aliphatic carboxylic acids is 1. The molecule has 1 rings (SSSR count). The lowest BCUT2D eigenvalue weighted by molar-refractivity contribution is -0.136. The highest BCUT2D eigenvalue weighted by Gasteiger charge is 2.30. The molecule has 0 aromatic rings. The Kier molecular flexibility index (Phi) is 6.08. The number of rotatable bonds is 5. The Morgan fingerprint density at radius 3 is 2.32 bits per heavy atom. The van der Waals surface area contributed by atoms with Crippen molar-refractivity contribution >= 4 is 12.0 Å². The maximum absolute atomic E-state index is 11.7. The number of aliphatic hydroxyl groups is 1. The predicted molar refractivity (Wildman–Crippen MR) is 70.9 cm³/mol. The van der Waals surface area contributed by atoms with Crippen LogP contribution < -0.4 is 5.32 Å². The fraction of sp³-hybridized carbons (Fsp3) is 0.846. The zero-order valence-electron chi connectivity index (χ0n) is 11.5. The van der Waals surface area contributed by atoms with E-state index in [-0.39, 0.29) is 19.0 Å². The van der Waals surface area contributed by atoms with Crippen LogP contribution in [0.3, 0.4) is 0 Å². The largest absolute Gasteiger partial charge is 0.481 e. The molecule has 110 valence electrons. The van der Waals surface area contributed by atoms with Crippen molar-refractivity contribution in [3.05, 3.63) is 0 Å². The van der Waals surface area contributed by atoms with Crippen molar-refractivity contribution in [2.24, 2.45) is 0 Å². The normalized spacial score (nSPS) is 18.4. The van der Waals surface area contributed by atoms with Gasteiger partial charge >= 0.3 is 12.0 Å². The van der Waals surface area contributed by atoms with Gasteiger partial charge in [0.05, 0.1) is 18.6 Å². The van der Waals surface area contributed by atoms with Gasteiger partial charge in [-0.25, -0.2) is 4.79 Å². The Balaban J connectivity index is 2.37. The van der Waals surface area contributed by atoms with Gasteiger partial charge in [-0.05, 0) is 12.8 Å². The summed E-state index contributed by atoms with van der Waals surface area (Å²) in [6.07, 6.45) is 5.60. The molecule has 0 heterocycles. The molecule has 2 amide bonds. The molecule has 0 saturated heterocycles. The zero-order chi connectivity index (χ0) is 14.3. The van der Waals surface area contributed by atoms with Crippen molar-refractivity contribution in [3.8, 4) is 0 Å². The van der Waals surface area contributed by atoms with Crippen molar-refractivity contribution in [3.63, 3.8) is 0 Å². The maximum atomic E-state index is 11.7. The van der Waals surface area contributed by atoms with E-state index < -0.39 is 11.6 Å². The summed E-state index contributed by atoms with van der Waals surface area (Å²) < 4.78 is 0. The van der Waals surface area contributed by atoms with E-state index in [1.807, 2.05) is 0 Å². The molecule has 0 radical (unpaired) electrons. The van der Waals surface area contributed by atoms with Gasteiger partial charge in [0.2, 0.25) is 0 Å². The van der Waals surface area contributed by atoms with E-state index in [9.17, 15) is 14.7 Å². The summed E-state index contributed by atoms with van der Waals surface area (Å²) in [6.45, 7) is 0.406. The number of urea groups is 1. The molecule has 6 heteroatoms. The topological polar surface area (TPSA) is 89.9 Å². The summed E-state index contributed by atoms with van der Waals surface area (Å²) in [6, 6.07) is -0.334. The number of carboxylic acid groups (broad SMARTS) is 1. The number of likely N-dealkylation sites (N-methyl/N-ethyl adjacent to an activating group) is 1. The minimum absolute atomic E-state index is 0.0934. The summed E-state index contributed by atoms with van der Waals surface area (Å²) >= 11 is 0. The first-order valence-electron chi connectivity index (χ1n) is 6.86. The van der Waals surface area contributed by atoms with Gasteiger partial charge in [-0.15, -0.1) is 0 Å². The Bertz CT molecular complexity index is 312. The number of hydrogen-bond donors (Lipinski definition) is 3. The van der Waals surface area contributed by atoms with Crippen LogP contribution in [0.4, 0.5) is 4.79 Å². The lowest BCUT2D eigenvalue weighted by Crippen LogP contribution is -2.47. The van der Waals surface area contributed by atoms with Crippen molar-refractivity contribution in [2.45, 2.75) is 50.5 Å². The first kappa shape index (κ1) is 15.8. The molecular formula is C13H24N2O4. The number of hydrogen-bond acceptors (Lipinski definition) is 3. The number of carbonyl (C=O) groups excluding carboxylic acids is 1. The second-order valence-electron chi connectivity index (χ2n) is 5.37. The highest BCUT2D eigenvalue weighted by molar-refractivity contribution is 5.75. The van der Waals surface area contributed by atoms with E-state index in [4.69, 9.17) is 5.11 Å². The Hall–Kier alpha value is -1.30. The van der Waals surface area contributed by atoms with Crippen LogP contribution in [0.5, 0.6) is 0 Å². The minimum Gasteiger partial charge on any atom is -0.481 e. The van der Waals surface area contributed by atoms with Gasteiger partial charge in [-0.1, -0.05) is 25.7 Å². The predicted octanol–water partition coefficient (Wildman–Crippen LogP) is 1.19. The number of nitrogens with zero attached hydrogens (tertiary/aromatic N) is 1. The number of amides is 2. The minimum atomic E-state index is -0.939. The molecular weight excluding hydrogens is 248 g/mol. The third kappa shape index (κ3) is 5.92. The summed E-state index contributed by atoms with van der Waals surface area (Å²) in [5.41, 5.74) is -0.796. The van der Waals surface area contributed by atoms with Crippen LogP contribution in [0.25, 0.3) is 0 Å². The molecule has 1 fully saturated rings. The Morgan fingerprint density at radius 1 is 1.21 bits per heavy atom. The first-order valence-corrected chi connectivity index (χ1v) is 6.86. The standard InChI is InChI=1S/C13H24N2O4/c1-15(12(18)14-9-6-11(16)17)10-13(19)7-4-2-3-5-8-13/h19H,2-10H2,1H3,(H,14,18)(H,16,17). The van der Waals surface area contributed by atoms with E-state index in [1.54, 1.807) is 7.05 Å². The second-order valence-corrected chi connectivity index (χ2v) is 5.37. The van der Waals surface area contributed by atoms with Crippen LogP contribution in [-0.4, -0.2) is 52.9 Å². The van der Waals surface area contributed by atoms with E-state index in [2.05, 4.69) is 5.32 Å². The fourth-order valence-corrected chi connectivity index (χ4v) is 2.47. The second kappa shape index (κ2) is 7.33. The Labute approximate surface area is 113 Å². The van der Waals surface area contributed by atoms with Crippen molar-refractivity contribution in [1.82, 2.24) is 10.2 Å². The van der Waals surface area contributed by atoms with E-state index in [0.29, 0.717) is 6.54 Å². The molecule has 1 saturated carbocycles. The van der Waals surface area contributed by atoms with Crippen LogP contribution in [0.2, 0.25) is 0 Å². The summed E-state index contributed by atoms with van der Waals surface area (Å²) in [4.78, 5) is 23.5. The monoisotopic (exact) mass is 272 g/mol. The van der Waals surface area contributed by atoms with Gasteiger partial charge in [-0.3, -0.25) is 4.79 Å². The summed E-state index contributed by atoms with van der Waals surface area (Å²) in [5, 5.41) is 21.5. The summed E-state index contributed by atoms with van der Waals surface area (Å²) in [5.74, 6) is -0.939. The third-order valence-corrected chi connectivity index (χ3v) is 3.53. The average Bonchev–Trinajstić information content (AvgIpc) is 2.53. The van der Waals surface area contributed by atoms with E-state index in [1.165, 1.54) is 4.90 Å². The van der Waals surface area contributed by atoms with Crippen LogP contribution in [0, 0.1) is 0 Å². The lowest BCUT2D eigenvalue weighted by Gasteiger charge is -2.31. The van der Waals surface area contributed by atoms with Crippen molar-refractivity contribution in [2.75, 3.05) is 20.1 Å². The molecule has 0 aromatic carbocycles. The van der Waals surface area contributed by atoms with Crippen LogP contribution in [0.1, 0.15) is 44.9 Å². The molecule has 6 nitrogen and oxygen atoms in total. The zero-order valence-corrected chi connectivity index (χ0v) is 11.5. The number of carboxylic acids is 1. The number of nitrogens with one attached hydrogen (secondary N) is 1. The molecule has 19 heavy (non-hydrogen) atoms. The first-order chi connectivity index (χ1) is 8.93. The maximum Gasteiger partial charge on any atom is 0.317 e. The molecule has 0 atom stereocenters. The highest BCUT2D eigenvalue weighted by Crippen LogP contribution is 2.27. The van der Waals surface area contributed by atoms with Crippen molar-refractivity contribution < 1.29 is 19.8 Å². The quantitative estimate of drug-likeness (QED) is 0.656. The molecule has 1 aliphatic rings. The van der Waals surface area contributed by atoms with Gasteiger partial charge in [-0.2, -0.15) is 0 Å². The highest BCUT2D eigenvalue weighted by atomic mass is 16.4. The van der Waals surface area contributed by atoms with Crippen LogP contribution in [-0.2, 0) is 4.79 Å². The van der Waals surface area contributed by atoms with Gasteiger partial charge in [0.1, 0.15) is 0 Å². The smallest absolute Gasteiger partial charge is 0.317 e. The molecule has 0 aromatic heterocycles. The van der Waals surface area contributed by atoms with Gasteiger partial charge in [0, 0.05) is 13.6 Å². The fourth-order valence-electron chi connectivity index (χ4n) is 2.47. The molecule has 0 unspecified atom stereocenters. The van der Waals surface area contributed by atoms with Gasteiger partial charge in [0.15, 0.2) is 0 Å². The van der Waals surface area contributed by atoms with Crippen molar-refractivity contribution in [1.29, 1.82) is 0 Å². The van der Waals surface area contributed by atoms with E-state index in [0.717, 1.165) is 38.5 Å². The van der Waals surface area contributed by atoms with Crippen LogP contribution >= 0.6 is 0 Å². The molecule has 0 bridgehead atoms. The molecule has 0 spiro atoms. The van der Waals surface area contributed by atoms with E-state index >= 15 is 0 Å². The third-order valence-electron chi connectivity index (χ3n) is 3.53.